The molecule has 0 N–H and O–H groups in total. The molecule has 0 aromatic heterocycles. The molecule has 2 nitrogen and oxygen atoms in total. The molecule has 1 unspecified atom stereocenters. The van der Waals surface area contributed by atoms with Crippen molar-refractivity contribution < 1.29 is 4.79 Å². The van der Waals surface area contributed by atoms with Crippen molar-refractivity contribution in [3.63, 3.8) is 0 Å². The lowest BCUT2D eigenvalue weighted by atomic mass is 10.1. The van der Waals surface area contributed by atoms with Gasteiger partial charge in [-0.25, -0.2) is 0 Å². The van der Waals surface area contributed by atoms with E-state index in [0.717, 1.165) is 16.5 Å². The molecular weight excluding hydrogens is 346 g/mol. The highest BCUT2D eigenvalue weighted by Gasteiger charge is 2.29. The number of hydrogen-bond donors (Lipinski definition) is 0. The van der Waals surface area contributed by atoms with E-state index in [0.29, 0.717) is 6.54 Å². The van der Waals surface area contributed by atoms with Gasteiger partial charge >= 0.3 is 0 Å². The van der Waals surface area contributed by atoms with Gasteiger partial charge in [0.05, 0.1) is 5.25 Å². The molecule has 1 heterocycles. The molecule has 2 aromatic carbocycles. The zero-order valence-electron chi connectivity index (χ0n) is 11.8. The number of thioether (sulfide) groups is 1. The Morgan fingerprint density at radius 2 is 1.95 bits per heavy atom. The van der Waals surface area contributed by atoms with Gasteiger partial charge < -0.3 is 4.90 Å². The lowest BCUT2D eigenvalue weighted by molar-refractivity contribution is -0.129. The minimum Gasteiger partial charge on any atom is -0.340 e. The number of halogens is 1. The Balaban J connectivity index is 1.65. The zero-order chi connectivity index (χ0) is 14.8. The van der Waals surface area contributed by atoms with E-state index in [1.807, 2.05) is 48.3 Å². The Morgan fingerprint density at radius 1 is 1.24 bits per heavy atom. The first-order chi connectivity index (χ1) is 10.1. The summed E-state index contributed by atoms with van der Waals surface area (Å²) in [7, 11) is 1.88. The Hall–Kier alpha value is -1.26. The van der Waals surface area contributed by atoms with Gasteiger partial charge in [-0.05, 0) is 35.7 Å². The predicted molar refractivity (Wildman–Crippen MR) is 90.4 cm³/mol. The normalized spacial score (nSPS) is 16.6. The van der Waals surface area contributed by atoms with Crippen molar-refractivity contribution in [3.05, 3.63) is 64.1 Å². The fourth-order valence-electron chi connectivity index (χ4n) is 2.51. The number of carbonyl (C=O) groups is 1. The Bertz CT molecular complexity index is 631. The summed E-state index contributed by atoms with van der Waals surface area (Å²) in [5, 5.41) is 0.0165. The molecular formula is C17H16BrNOS. The summed E-state index contributed by atoms with van der Waals surface area (Å²) in [6.45, 7) is 0.652. The van der Waals surface area contributed by atoms with E-state index < -0.39 is 0 Å². The average Bonchev–Trinajstić information content (AvgIpc) is 2.92. The van der Waals surface area contributed by atoms with Crippen LogP contribution in [0.3, 0.4) is 0 Å². The van der Waals surface area contributed by atoms with Gasteiger partial charge in [-0.3, -0.25) is 4.79 Å². The Kier molecular flexibility index (Phi) is 4.36. The molecule has 1 amide bonds. The van der Waals surface area contributed by atoms with E-state index in [1.165, 1.54) is 10.5 Å². The number of nitrogens with zero attached hydrogens (tertiary/aromatic N) is 1. The number of amides is 1. The molecule has 0 spiro atoms. The van der Waals surface area contributed by atoms with Crippen LogP contribution in [0.1, 0.15) is 11.1 Å². The highest BCUT2D eigenvalue weighted by Crippen LogP contribution is 2.37. The topological polar surface area (TPSA) is 20.3 Å². The van der Waals surface area contributed by atoms with Crippen molar-refractivity contribution in [1.82, 2.24) is 4.90 Å². The van der Waals surface area contributed by atoms with Crippen molar-refractivity contribution in [2.45, 2.75) is 23.1 Å². The van der Waals surface area contributed by atoms with Crippen LogP contribution in [0, 0.1) is 0 Å². The molecule has 1 aliphatic heterocycles. The van der Waals surface area contributed by atoms with Gasteiger partial charge in [0.2, 0.25) is 5.91 Å². The molecule has 2 aromatic rings. The quantitative estimate of drug-likeness (QED) is 0.819. The second-order valence-corrected chi connectivity index (χ2v) is 7.40. The molecule has 0 radical (unpaired) electrons. The van der Waals surface area contributed by atoms with E-state index in [-0.39, 0.29) is 11.2 Å². The van der Waals surface area contributed by atoms with Crippen LogP contribution in [0.15, 0.2) is 57.9 Å². The van der Waals surface area contributed by atoms with Crippen LogP contribution in [-0.4, -0.2) is 23.1 Å². The van der Waals surface area contributed by atoms with Crippen LogP contribution in [-0.2, 0) is 17.8 Å². The van der Waals surface area contributed by atoms with Crippen LogP contribution in [0.4, 0.5) is 0 Å². The van der Waals surface area contributed by atoms with Crippen molar-refractivity contribution in [3.8, 4) is 0 Å². The maximum atomic E-state index is 12.6. The van der Waals surface area contributed by atoms with Gasteiger partial charge in [-0.2, -0.15) is 0 Å². The van der Waals surface area contributed by atoms with Gasteiger partial charge in [0, 0.05) is 23.0 Å². The van der Waals surface area contributed by atoms with Crippen LogP contribution in [0.5, 0.6) is 0 Å². The van der Waals surface area contributed by atoms with E-state index in [9.17, 15) is 4.79 Å². The van der Waals surface area contributed by atoms with Gasteiger partial charge in [0.1, 0.15) is 0 Å². The van der Waals surface area contributed by atoms with E-state index in [1.54, 1.807) is 11.8 Å². The lowest BCUT2D eigenvalue weighted by Gasteiger charge is -2.20. The summed E-state index contributed by atoms with van der Waals surface area (Å²) >= 11 is 5.11. The summed E-state index contributed by atoms with van der Waals surface area (Å²) in [5.41, 5.74) is 2.44. The minimum atomic E-state index is 0.0165. The number of hydrogen-bond acceptors (Lipinski definition) is 2. The van der Waals surface area contributed by atoms with Gasteiger partial charge in [0.15, 0.2) is 0 Å². The minimum absolute atomic E-state index is 0.0165. The van der Waals surface area contributed by atoms with Gasteiger partial charge in [0.25, 0.3) is 0 Å². The molecule has 0 aliphatic carbocycles. The number of carbonyl (C=O) groups excluding carboxylic acids is 1. The molecule has 0 fully saturated rings. The summed E-state index contributed by atoms with van der Waals surface area (Å²) in [4.78, 5) is 15.7. The third kappa shape index (κ3) is 3.33. The smallest absolute Gasteiger partial charge is 0.236 e. The first kappa shape index (κ1) is 14.7. The third-order valence-electron chi connectivity index (χ3n) is 3.63. The molecule has 0 saturated carbocycles. The standard InChI is InChI=1S/C17H16BrNOS/c1-19(11-12-6-8-14(18)9-7-12)17(20)16-10-13-4-2-3-5-15(13)21-16/h2-9,16H,10-11H2,1H3. The van der Waals surface area contributed by atoms with Gasteiger partial charge in [-0.15, -0.1) is 11.8 Å². The van der Waals surface area contributed by atoms with Crippen LogP contribution < -0.4 is 0 Å². The number of fused-ring (bicyclic) bond motifs is 1. The SMILES string of the molecule is CN(Cc1ccc(Br)cc1)C(=O)C1Cc2ccccc2S1. The second kappa shape index (κ2) is 6.24. The largest absolute Gasteiger partial charge is 0.340 e. The van der Waals surface area contributed by atoms with Crippen molar-refractivity contribution in [1.29, 1.82) is 0 Å². The highest BCUT2D eigenvalue weighted by atomic mass is 79.9. The summed E-state index contributed by atoms with van der Waals surface area (Å²) in [6.07, 6.45) is 0.838. The first-order valence-electron chi connectivity index (χ1n) is 6.87. The Labute approximate surface area is 137 Å². The molecule has 1 atom stereocenters. The molecule has 21 heavy (non-hydrogen) atoms. The maximum absolute atomic E-state index is 12.6. The fourth-order valence-corrected chi connectivity index (χ4v) is 4.08. The molecule has 0 saturated heterocycles. The van der Waals surface area contributed by atoms with Crippen molar-refractivity contribution in [2.75, 3.05) is 7.05 Å². The third-order valence-corrected chi connectivity index (χ3v) is 5.47. The predicted octanol–water partition coefficient (Wildman–Crippen LogP) is 4.12. The molecule has 108 valence electrons. The summed E-state index contributed by atoms with van der Waals surface area (Å²) in [5.74, 6) is 0.208. The summed E-state index contributed by atoms with van der Waals surface area (Å²) in [6, 6.07) is 16.4. The monoisotopic (exact) mass is 361 g/mol. The number of rotatable bonds is 3. The molecule has 3 rings (SSSR count). The molecule has 4 heteroatoms. The van der Waals surface area contributed by atoms with Crippen molar-refractivity contribution in [2.24, 2.45) is 0 Å². The van der Waals surface area contributed by atoms with Crippen LogP contribution in [0.25, 0.3) is 0 Å². The average molecular weight is 362 g/mol. The van der Waals surface area contributed by atoms with E-state index in [2.05, 4.69) is 28.1 Å². The van der Waals surface area contributed by atoms with Crippen LogP contribution in [0.2, 0.25) is 0 Å². The first-order valence-corrected chi connectivity index (χ1v) is 8.55. The van der Waals surface area contributed by atoms with E-state index >= 15 is 0 Å². The zero-order valence-corrected chi connectivity index (χ0v) is 14.2. The second-order valence-electron chi connectivity index (χ2n) is 5.24. The Morgan fingerprint density at radius 3 is 2.67 bits per heavy atom. The summed E-state index contributed by atoms with van der Waals surface area (Å²) < 4.78 is 1.06. The van der Waals surface area contributed by atoms with E-state index in [4.69, 9.17) is 0 Å². The highest BCUT2D eigenvalue weighted by molar-refractivity contribution is 9.10. The van der Waals surface area contributed by atoms with Crippen LogP contribution >= 0.6 is 27.7 Å². The molecule has 0 bridgehead atoms. The molecule has 1 aliphatic rings. The van der Waals surface area contributed by atoms with Gasteiger partial charge in [-0.1, -0.05) is 46.3 Å². The lowest BCUT2D eigenvalue weighted by Crippen LogP contribution is -2.34. The maximum Gasteiger partial charge on any atom is 0.236 e. The number of benzene rings is 2. The van der Waals surface area contributed by atoms with Crippen molar-refractivity contribution >= 4 is 33.6 Å². The fraction of sp³-hybridized carbons (Fsp3) is 0.235.